The topological polar surface area (TPSA) is 172 Å². The minimum absolute atomic E-state index is 0.0258. The van der Waals surface area contributed by atoms with E-state index in [1.165, 1.54) is 29.8 Å². The van der Waals surface area contributed by atoms with E-state index < -0.39 is 37.7 Å². The first-order valence-corrected chi connectivity index (χ1v) is 13.2. The van der Waals surface area contributed by atoms with E-state index in [4.69, 9.17) is 5.73 Å². The molecule has 3 N–H and O–H groups in total. The number of nitrogens with one attached hydrogen (secondary N) is 1. The third-order valence-electron chi connectivity index (χ3n) is 6.57. The molecule has 1 fully saturated rings. The van der Waals surface area contributed by atoms with Crippen LogP contribution in [-0.2, 0) is 23.6 Å². The Morgan fingerprint density at radius 1 is 1.05 bits per heavy atom. The fourth-order valence-electron chi connectivity index (χ4n) is 4.46. The summed E-state index contributed by atoms with van der Waals surface area (Å²) < 4.78 is 29.3. The van der Waals surface area contributed by atoms with Crippen molar-refractivity contribution in [3.05, 3.63) is 96.7 Å². The average Bonchev–Trinajstić information content (AvgIpc) is 2.91. The number of hydrogen-bond donors (Lipinski definition) is 2. The lowest BCUT2D eigenvalue weighted by molar-refractivity contribution is -0.895. The molecular formula is C24H27N6O7S+. The SMILES string of the molecule is Cn1c(=O)c(C(=O)C[NH+]2CCN(S(=O)(=O)c3ccccc3[N+](=O)[O-])CC2)c(N)n(Cc2ccccc2)c1=O. The number of carbonyl (C=O) groups is 1. The summed E-state index contributed by atoms with van der Waals surface area (Å²) in [7, 11) is -2.84. The lowest BCUT2D eigenvalue weighted by Gasteiger charge is -2.31. The zero-order chi connectivity index (χ0) is 27.6. The van der Waals surface area contributed by atoms with Gasteiger partial charge in [0.1, 0.15) is 17.9 Å². The van der Waals surface area contributed by atoms with Gasteiger partial charge >= 0.3 is 5.69 Å². The second-order valence-electron chi connectivity index (χ2n) is 8.96. The van der Waals surface area contributed by atoms with E-state index in [0.717, 1.165) is 20.5 Å². The van der Waals surface area contributed by atoms with Crippen molar-refractivity contribution in [1.29, 1.82) is 0 Å². The Bertz CT molecular complexity index is 1610. The molecule has 3 aromatic rings. The van der Waals surface area contributed by atoms with Gasteiger partial charge in [0.15, 0.2) is 4.90 Å². The standard InChI is InChI=1S/C24H26N6O7S/c1-26-23(32)21(22(25)29(24(26)33)15-17-7-3-2-4-8-17)19(31)16-27-11-13-28(14-12-27)38(36,37)20-10-6-5-9-18(20)30(34)35/h2-10H,11-16,25H2,1H3/p+1. The third kappa shape index (κ3) is 5.14. The number of nitrogen functional groups attached to an aromatic ring is 1. The number of nitro benzene ring substituents is 1. The maximum Gasteiger partial charge on any atom is 0.332 e. The molecule has 0 radical (unpaired) electrons. The molecule has 0 bridgehead atoms. The largest absolute Gasteiger partial charge is 0.384 e. The second-order valence-corrected chi connectivity index (χ2v) is 10.9. The van der Waals surface area contributed by atoms with Gasteiger partial charge in [-0.1, -0.05) is 42.5 Å². The Labute approximate surface area is 217 Å². The number of nitrogens with zero attached hydrogens (tertiary/aromatic N) is 4. The summed E-state index contributed by atoms with van der Waals surface area (Å²) in [5, 5.41) is 11.3. The van der Waals surface area contributed by atoms with E-state index in [1.807, 2.05) is 6.07 Å². The number of piperazine rings is 1. The van der Waals surface area contributed by atoms with E-state index in [1.54, 1.807) is 24.3 Å². The predicted octanol–water partition coefficient (Wildman–Crippen LogP) is -1.14. The lowest BCUT2D eigenvalue weighted by Crippen LogP contribution is -3.15. The van der Waals surface area contributed by atoms with Gasteiger partial charge < -0.3 is 10.6 Å². The first-order valence-electron chi connectivity index (χ1n) is 11.8. The van der Waals surface area contributed by atoms with Crippen molar-refractivity contribution < 1.29 is 23.0 Å². The highest BCUT2D eigenvalue weighted by Crippen LogP contribution is 2.26. The van der Waals surface area contributed by atoms with Crippen LogP contribution < -0.4 is 21.9 Å². The number of ketones is 1. The minimum Gasteiger partial charge on any atom is -0.384 e. The van der Waals surface area contributed by atoms with Crippen molar-refractivity contribution >= 4 is 27.3 Å². The molecule has 1 aliphatic rings. The van der Waals surface area contributed by atoms with Gasteiger partial charge in [-0.3, -0.25) is 28.8 Å². The van der Waals surface area contributed by atoms with Crippen molar-refractivity contribution in [3.8, 4) is 0 Å². The molecular weight excluding hydrogens is 516 g/mol. The van der Waals surface area contributed by atoms with Crippen molar-refractivity contribution in [2.24, 2.45) is 7.05 Å². The van der Waals surface area contributed by atoms with Gasteiger partial charge in [0, 0.05) is 13.1 Å². The molecule has 200 valence electrons. The van der Waals surface area contributed by atoms with Crippen molar-refractivity contribution in [1.82, 2.24) is 13.4 Å². The number of quaternary nitrogens is 1. The van der Waals surface area contributed by atoms with Gasteiger partial charge in [-0.05, 0) is 11.6 Å². The number of nitrogens with two attached hydrogens (primary N) is 1. The summed E-state index contributed by atoms with van der Waals surface area (Å²) in [6, 6.07) is 14.1. The van der Waals surface area contributed by atoms with Crippen LogP contribution in [0.5, 0.6) is 0 Å². The number of Topliss-reactive ketones (excluding diaryl/α,β-unsaturated/α-hetero) is 1. The Balaban J connectivity index is 1.51. The number of hydrogen-bond acceptors (Lipinski definition) is 8. The van der Waals surface area contributed by atoms with Gasteiger partial charge in [-0.2, -0.15) is 4.31 Å². The molecule has 0 saturated carbocycles. The van der Waals surface area contributed by atoms with E-state index in [2.05, 4.69) is 0 Å². The van der Waals surface area contributed by atoms with Crippen LogP contribution >= 0.6 is 0 Å². The van der Waals surface area contributed by atoms with Crippen LogP contribution in [0.4, 0.5) is 11.5 Å². The quantitative estimate of drug-likeness (QED) is 0.204. The average molecular weight is 544 g/mol. The monoisotopic (exact) mass is 543 g/mol. The van der Waals surface area contributed by atoms with Crippen LogP contribution in [-0.4, -0.2) is 65.3 Å². The van der Waals surface area contributed by atoms with E-state index in [-0.39, 0.29) is 55.5 Å². The molecule has 0 amide bonds. The summed E-state index contributed by atoms with van der Waals surface area (Å²) in [6.45, 7) is 0.457. The number of rotatable bonds is 8. The van der Waals surface area contributed by atoms with Gasteiger partial charge in [0.05, 0.1) is 37.6 Å². The van der Waals surface area contributed by atoms with Crippen molar-refractivity contribution in [2.75, 3.05) is 38.5 Å². The molecule has 0 atom stereocenters. The Kier molecular flexibility index (Phi) is 7.57. The van der Waals surface area contributed by atoms with Gasteiger partial charge in [0.2, 0.25) is 15.8 Å². The van der Waals surface area contributed by atoms with E-state index in [0.29, 0.717) is 4.90 Å². The summed E-state index contributed by atoms with van der Waals surface area (Å²) in [4.78, 5) is 49.6. The second kappa shape index (κ2) is 10.7. The van der Waals surface area contributed by atoms with Crippen LogP contribution in [0.15, 0.2) is 69.1 Å². The van der Waals surface area contributed by atoms with Gasteiger partial charge in [-0.15, -0.1) is 0 Å². The molecule has 14 heteroatoms. The van der Waals surface area contributed by atoms with Crippen molar-refractivity contribution in [3.63, 3.8) is 0 Å². The number of nitro groups is 1. The molecule has 2 heterocycles. The lowest BCUT2D eigenvalue weighted by atomic mass is 10.1. The number of anilines is 1. The Hall–Kier alpha value is -4.14. The van der Waals surface area contributed by atoms with Crippen LogP contribution in [0.1, 0.15) is 15.9 Å². The fourth-order valence-corrected chi connectivity index (χ4v) is 6.06. The summed E-state index contributed by atoms with van der Waals surface area (Å²) in [5.74, 6) is -0.779. The van der Waals surface area contributed by atoms with Gasteiger partial charge in [0.25, 0.3) is 11.2 Å². The van der Waals surface area contributed by atoms with Crippen LogP contribution in [0.25, 0.3) is 0 Å². The zero-order valence-electron chi connectivity index (χ0n) is 20.6. The smallest absolute Gasteiger partial charge is 0.332 e. The van der Waals surface area contributed by atoms with E-state index >= 15 is 0 Å². The summed E-state index contributed by atoms with van der Waals surface area (Å²) in [5.41, 5.74) is 4.70. The molecule has 13 nitrogen and oxygen atoms in total. The minimum atomic E-state index is -4.12. The van der Waals surface area contributed by atoms with Crippen LogP contribution in [0.3, 0.4) is 0 Å². The normalized spacial score (nSPS) is 14.9. The number of benzene rings is 2. The molecule has 0 aliphatic carbocycles. The third-order valence-corrected chi connectivity index (χ3v) is 8.51. The highest BCUT2D eigenvalue weighted by molar-refractivity contribution is 7.89. The predicted molar refractivity (Wildman–Crippen MR) is 138 cm³/mol. The molecule has 0 unspecified atom stereocenters. The molecule has 1 saturated heterocycles. The highest BCUT2D eigenvalue weighted by Gasteiger charge is 2.36. The Morgan fingerprint density at radius 3 is 2.29 bits per heavy atom. The molecule has 1 aromatic heterocycles. The van der Waals surface area contributed by atoms with Gasteiger partial charge in [-0.25, -0.2) is 13.2 Å². The van der Waals surface area contributed by atoms with E-state index in [9.17, 15) is 32.9 Å². The summed E-state index contributed by atoms with van der Waals surface area (Å²) in [6.07, 6.45) is 0. The first-order chi connectivity index (χ1) is 18.0. The molecule has 38 heavy (non-hydrogen) atoms. The summed E-state index contributed by atoms with van der Waals surface area (Å²) >= 11 is 0. The maximum atomic E-state index is 13.2. The molecule has 4 rings (SSSR count). The first kappa shape index (κ1) is 26.9. The maximum absolute atomic E-state index is 13.2. The highest BCUT2D eigenvalue weighted by atomic mass is 32.2. The fraction of sp³-hybridized carbons (Fsp3) is 0.292. The number of aromatic nitrogens is 2. The number of para-hydroxylation sites is 1. The molecule has 1 aliphatic heterocycles. The number of carbonyl (C=O) groups excluding carboxylic acids is 1. The van der Waals surface area contributed by atoms with Crippen LogP contribution in [0.2, 0.25) is 0 Å². The molecule has 2 aromatic carbocycles. The molecule has 0 spiro atoms. The number of sulfonamides is 1. The van der Waals surface area contributed by atoms with Crippen molar-refractivity contribution in [2.45, 2.75) is 11.4 Å². The Morgan fingerprint density at radius 2 is 1.66 bits per heavy atom. The van der Waals surface area contributed by atoms with Crippen LogP contribution in [0, 0.1) is 10.1 Å². The zero-order valence-corrected chi connectivity index (χ0v) is 21.4.